The Morgan fingerprint density at radius 3 is 2.44 bits per heavy atom. The van der Waals surface area contributed by atoms with Gasteiger partial charge in [-0.1, -0.05) is 6.07 Å². The van der Waals surface area contributed by atoms with Crippen molar-refractivity contribution in [1.82, 2.24) is 10.3 Å². The Morgan fingerprint density at radius 1 is 1.25 bits per heavy atom. The molecule has 4 rings (SSSR count). The van der Waals surface area contributed by atoms with E-state index in [1.807, 2.05) is 0 Å². The molecule has 2 aromatic rings. The van der Waals surface area contributed by atoms with Crippen LogP contribution in [0.2, 0.25) is 0 Å². The first-order chi connectivity index (χ1) is 16.9. The second kappa shape index (κ2) is 9.36. The van der Waals surface area contributed by atoms with Crippen LogP contribution >= 0.6 is 0 Å². The predicted molar refractivity (Wildman–Crippen MR) is 126 cm³/mol. The molecule has 1 aliphatic carbocycles. The molecule has 1 atom stereocenters. The molecule has 2 aliphatic rings. The van der Waals surface area contributed by atoms with E-state index in [1.54, 1.807) is 26.8 Å². The summed E-state index contributed by atoms with van der Waals surface area (Å²) in [5.41, 5.74) is 4.30. The molecule has 2 heterocycles. The quantitative estimate of drug-likeness (QED) is 0.587. The number of primary amides is 1. The number of aromatic nitrogens is 1. The summed E-state index contributed by atoms with van der Waals surface area (Å²) in [7, 11) is 0. The second-order valence-corrected chi connectivity index (χ2v) is 10.0. The van der Waals surface area contributed by atoms with Crippen LogP contribution in [0, 0.1) is 11.6 Å². The molecule has 2 fully saturated rings. The number of nitrogens with one attached hydrogen (secondary N) is 1. The largest absolute Gasteiger partial charge is 0.444 e. The van der Waals surface area contributed by atoms with Gasteiger partial charge in [-0.3, -0.25) is 14.7 Å². The molecule has 1 aromatic heterocycles. The van der Waals surface area contributed by atoms with Gasteiger partial charge in [-0.25, -0.2) is 18.4 Å². The Kier molecular flexibility index (Phi) is 6.59. The van der Waals surface area contributed by atoms with Crippen molar-refractivity contribution >= 4 is 23.8 Å². The number of pyridine rings is 1. The molecule has 3 N–H and O–H groups in total. The van der Waals surface area contributed by atoms with Gasteiger partial charge < -0.3 is 20.5 Å². The minimum absolute atomic E-state index is 0.00315. The normalized spacial score (nSPS) is 18.5. The maximum absolute atomic E-state index is 15.0. The molecule has 0 radical (unpaired) electrons. The number of rotatable bonds is 7. The lowest BCUT2D eigenvalue weighted by molar-refractivity contribution is -0.118. The summed E-state index contributed by atoms with van der Waals surface area (Å²) in [5.74, 6) is -2.28. The van der Waals surface area contributed by atoms with E-state index in [0.29, 0.717) is 18.5 Å². The number of carbonyl (C=O) groups is 3. The number of hydrogen-bond acceptors (Lipinski definition) is 6. The first-order valence-corrected chi connectivity index (χ1v) is 11.6. The summed E-state index contributed by atoms with van der Waals surface area (Å²) in [4.78, 5) is 40.8. The number of cyclic esters (lactones) is 1. The zero-order valence-corrected chi connectivity index (χ0v) is 20.3. The van der Waals surface area contributed by atoms with E-state index >= 15 is 8.78 Å². The van der Waals surface area contributed by atoms with Crippen molar-refractivity contribution < 1.29 is 32.6 Å². The minimum Gasteiger partial charge on any atom is -0.444 e. The number of ether oxygens (including phenoxy) is 2. The zero-order valence-electron chi connectivity index (χ0n) is 20.3. The number of alkyl carbamates (subject to hydrolysis) is 1. The number of halogens is 2. The third-order valence-electron chi connectivity index (χ3n) is 5.96. The lowest BCUT2D eigenvalue weighted by Gasteiger charge is -2.23. The molecule has 9 nitrogen and oxygen atoms in total. The van der Waals surface area contributed by atoms with Gasteiger partial charge in [0.25, 0.3) is 0 Å². The highest BCUT2D eigenvalue weighted by Crippen LogP contribution is 2.45. The fraction of sp³-hybridized carbons (Fsp3) is 0.440. The highest BCUT2D eigenvalue weighted by atomic mass is 19.1. The van der Waals surface area contributed by atoms with Gasteiger partial charge in [-0.15, -0.1) is 0 Å². The van der Waals surface area contributed by atoms with Gasteiger partial charge in [0, 0.05) is 18.2 Å². The van der Waals surface area contributed by atoms with Gasteiger partial charge in [0.1, 0.15) is 23.3 Å². The molecule has 36 heavy (non-hydrogen) atoms. The van der Waals surface area contributed by atoms with Crippen molar-refractivity contribution in [3.63, 3.8) is 0 Å². The van der Waals surface area contributed by atoms with E-state index in [-0.39, 0.29) is 36.2 Å². The lowest BCUT2D eigenvalue weighted by Crippen LogP contribution is -2.39. The van der Waals surface area contributed by atoms with Gasteiger partial charge in [0.2, 0.25) is 5.91 Å². The number of anilines is 1. The standard InChI is InChI=1S/C25H28F2N4O5/c1-24(2,3)36-22(33)30-25(8-9-25)19-6-4-14(12-29-19)21-17(26)10-15(11-18(21)27)31-13-16(35-23(31)34)5-7-20(28)32/h4,6,10-12,16H,5,7-9,13H2,1-3H3,(H2,28,32)(H,30,33)/t16-/m0/s1. The molecule has 192 valence electrons. The van der Waals surface area contributed by atoms with Crippen molar-refractivity contribution in [3.8, 4) is 11.1 Å². The van der Waals surface area contributed by atoms with E-state index in [2.05, 4.69) is 10.3 Å². The SMILES string of the molecule is CC(C)(C)OC(=O)NC1(c2ccc(-c3c(F)cc(N4C[C@H](CCC(N)=O)OC4=O)cc3F)cn2)CC1. The zero-order chi connectivity index (χ0) is 26.3. The van der Waals surface area contributed by atoms with Crippen LogP contribution in [0.5, 0.6) is 0 Å². The van der Waals surface area contributed by atoms with Gasteiger partial charge >= 0.3 is 12.2 Å². The molecule has 1 aliphatic heterocycles. The van der Waals surface area contributed by atoms with Crippen molar-refractivity contribution in [2.75, 3.05) is 11.4 Å². The van der Waals surface area contributed by atoms with E-state index in [0.717, 1.165) is 17.0 Å². The Bertz CT molecular complexity index is 1170. The van der Waals surface area contributed by atoms with Crippen molar-refractivity contribution in [2.24, 2.45) is 5.73 Å². The van der Waals surface area contributed by atoms with Crippen molar-refractivity contribution in [3.05, 3.63) is 47.8 Å². The number of nitrogens with zero attached hydrogens (tertiary/aromatic N) is 2. The van der Waals surface area contributed by atoms with Crippen LogP contribution in [0.4, 0.5) is 24.1 Å². The van der Waals surface area contributed by atoms with E-state index in [1.165, 1.54) is 12.3 Å². The maximum atomic E-state index is 15.0. The fourth-order valence-electron chi connectivity index (χ4n) is 4.07. The Labute approximate surface area is 206 Å². The van der Waals surface area contributed by atoms with Crippen molar-refractivity contribution in [1.29, 1.82) is 0 Å². The van der Waals surface area contributed by atoms with Gasteiger partial charge in [-0.2, -0.15) is 0 Å². The molecule has 3 amide bonds. The summed E-state index contributed by atoms with van der Waals surface area (Å²) >= 11 is 0. The smallest absolute Gasteiger partial charge is 0.414 e. The number of carbonyl (C=O) groups excluding carboxylic acids is 3. The summed E-state index contributed by atoms with van der Waals surface area (Å²) < 4.78 is 40.5. The number of amides is 3. The number of hydrogen-bond donors (Lipinski definition) is 2. The molecular formula is C25H28F2N4O5. The summed E-state index contributed by atoms with van der Waals surface area (Å²) in [6.07, 6.45) is 1.03. The number of nitrogens with two attached hydrogens (primary N) is 1. The van der Waals surface area contributed by atoms with Crippen LogP contribution in [-0.2, 0) is 19.8 Å². The molecule has 0 spiro atoms. The highest BCUT2D eigenvalue weighted by molar-refractivity contribution is 5.90. The molecule has 0 bridgehead atoms. The minimum atomic E-state index is -0.874. The van der Waals surface area contributed by atoms with Crippen LogP contribution in [0.1, 0.15) is 52.1 Å². The van der Waals surface area contributed by atoms with Gasteiger partial charge in [-0.05, 0) is 58.2 Å². The van der Waals surface area contributed by atoms with Crippen LogP contribution in [0.3, 0.4) is 0 Å². The fourth-order valence-corrected chi connectivity index (χ4v) is 4.07. The van der Waals surface area contributed by atoms with Crippen molar-refractivity contribution in [2.45, 2.75) is 63.7 Å². The lowest BCUT2D eigenvalue weighted by atomic mass is 10.0. The molecular weight excluding hydrogens is 474 g/mol. The summed E-state index contributed by atoms with van der Waals surface area (Å²) in [5, 5.41) is 2.84. The topological polar surface area (TPSA) is 124 Å². The van der Waals surface area contributed by atoms with E-state index in [9.17, 15) is 14.4 Å². The van der Waals surface area contributed by atoms with Gasteiger partial charge in [0.15, 0.2) is 0 Å². The first-order valence-electron chi connectivity index (χ1n) is 11.6. The average molecular weight is 503 g/mol. The van der Waals surface area contributed by atoms with Crippen LogP contribution in [-0.4, -0.2) is 41.3 Å². The predicted octanol–water partition coefficient (Wildman–Crippen LogP) is 4.13. The van der Waals surface area contributed by atoms with E-state index in [4.69, 9.17) is 15.2 Å². The molecule has 1 saturated heterocycles. The Balaban J connectivity index is 1.49. The third-order valence-corrected chi connectivity index (χ3v) is 5.96. The van der Waals surface area contributed by atoms with E-state index < -0.39 is 47.0 Å². The van der Waals surface area contributed by atoms with Gasteiger partial charge in [0.05, 0.1) is 29.0 Å². The average Bonchev–Trinajstić information content (AvgIpc) is 3.44. The third kappa shape index (κ3) is 5.55. The molecule has 0 unspecified atom stereocenters. The summed E-state index contributed by atoms with van der Waals surface area (Å²) in [6.45, 7) is 5.35. The molecule has 1 aromatic carbocycles. The maximum Gasteiger partial charge on any atom is 0.414 e. The second-order valence-electron chi connectivity index (χ2n) is 10.0. The van der Waals surface area contributed by atoms with Crippen LogP contribution in [0.25, 0.3) is 11.1 Å². The first kappa shape index (κ1) is 25.3. The van der Waals surface area contributed by atoms with Crippen LogP contribution < -0.4 is 16.0 Å². The highest BCUT2D eigenvalue weighted by Gasteiger charge is 2.48. The Morgan fingerprint density at radius 2 is 1.92 bits per heavy atom. The summed E-state index contributed by atoms with van der Waals surface area (Å²) in [6, 6.07) is 5.25. The number of benzene rings is 1. The van der Waals surface area contributed by atoms with Crippen LogP contribution in [0.15, 0.2) is 30.5 Å². The molecule has 11 heteroatoms. The Hall–Kier alpha value is -3.76. The molecule has 1 saturated carbocycles. The monoisotopic (exact) mass is 502 g/mol.